The molecule has 1 aromatic carbocycles. The van der Waals surface area contributed by atoms with E-state index in [1.807, 2.05) is 35.0 Å². The minimum atomic E-state index is -0.157. The third kappa shape index (κ3) is 3.44. The van der Waals surface area contributed by atoms with E-state index in [1.54, 1.807) is 6.20 Å². The molecule has 0 aliphatic rings. The first-order chi connectivity index (χ1) is 9.24. The van der Waals surface area contributed by atoms with Gasteiger partial charge in [-0.1, -0.05) is 30.7 Å². The van der Waals surface area contributed by atoms with Gasteiger partial charge in [0.1, 0.15) is 6.29 Å². The highest BCUT2D eigenvalue weighted by atomic mass is 35.5. The van der Waals surface area contributed by atoms with Crippen LogP contribution in [0.2, 0.25) is 5.02 Å². The molecule has 19 heavy (non-hydrogen) atoms. The first kappa shape index (κ1) is 13.8. The van der Waals surface area contributed by atoms with Gasteiger partial charge in [-0.05, 0) is 36.6 Å². The number of hydrogen-bond acceptors (Lipinski definition) is 2. The van der Waals surface area contributed by atoms with E-state index >= 15 is 0 Å². The Morgan fingerprint density at radius 2 is 2.05 bits per heavy atom. The zero-order valence-electron chi connectivity index (χ0n) is 10.9. The van der Waals surface area contributed by atoms with Crippen molar-refractivity contribution < 1.29 is 4.79 Å². The second-order valence-corrected chi connectivity index (χ2v) is 4.99. The van der Waals surface area contributed by atoms with Crippen LogP contribution in [0.25, 0.3) is 0 Å². The fourth-order valence-electron chi connectivity index (χ4n) is 2.15. The molecule has 2 aromatic rings. The second kappa shape index (κ2) is 6.53. The fourth-order valence-corrected chi connectivity index (χ4v) is 2.28. The minimum absolute atomic E-state index is 0.157. The molecule has 1 aromatic heterocycles. The number of nitrogens with zero attached hydrogens (tertiary/aromatic N) is 2. The third-order valence-corrected chi connectivity index (χ3v) is 3.35. The van der Waals surface area contributed by atoms with Crippen LogP contribution in [0.3, 0.4) is 0 Å². The number of hydrogen-bond donors (Lipinski definition) is 0. The zero-order chi connectivity index (χ0) is 13.7. The molecule has 0 radical (unpaired) electrons. The average molecular weight is 277 g/mol. The summed E-state index contributed by atoms with van der Waals surface area (Å²) in [6, 6.07) is 9.54. The summed E-state index contributed by atoms with van der Waals surface area (Å²) in [6.45, 7) is 2.94. The molecule has 0 aliphatic heterocycles. The van der Waals surface area contributed by atoms with Gasteiger partial charge in [0.2, 0.25) is 0 Å². The van der Waals surface area contributed by atoms with Gasteiger partial charge in [-0.15, -0.1) is 0 Å². The van der Waals surface area contributed by atoms with Crippen LogP contribution < -0.4 is 0 Å². The van der Waals surface area contributed by atoms with Crippen molar-refractivity contribution in [3.8, 4) is 0 Å². The lowest BCUT2D eigenvalue weighted by Crippen LogP contribution is -2.12. The van der Waals surface area contributed by atoms with E-state index < -0.39 is 0 Å². The van der Waals surface area contributed by atoms with Crippen molar-refractivity contribution in [3.63, 3.8) is 0 Å². The van der Waals surface area contributed by atoms with Gasteiger partial charge in [0, 0.05) is 23.5 Å². The van der Waals surface area contributed by atoms with Crippen molar-refractivity contribution in [2.45, 2.75) is 32.2 Å². The normalized spacial score (nSPS) is 12.3. The molecule has 0 aliphatic carbocycles. The predicted molar refractivity (Wildman–Crippen MR) is 76.5 cm³/mol. The van der Waals surface area contributed by atoms with Crippen molar-refractivity contribution in [2.24, 2.45) is 0 Å². The third-order valence-electron chi connectivity index (χ3n) is 3.10. The summed E-state index contributed by atoms with van der Waals surface area (Å²) in [5.74, 6) is -0.157. The minimum Gasteiger partial charge on any atom is -0.303 e. The van der Waals surface area contributed by atoms with Crippen molar-refractivity contribution in [1.29, 1.82) is 0 Å². The van der Waals surface area contributed by atoms with Crippen molar-refractivity contribution in [2.75, 3.05) is 0 Å². The molecule has 0 bridgehead atoms. The van der Waals surface area contributed by atoms with Crippen LogP contribution in [0.1, 0.15) is 30.5 Å². The smallest absolute Gasteiger partial charge is 0.129 e. The number of carbonyl (C=O) groups is 1. The molecule has 100 valence electrons. The van der Waals surface area contributed by atoms with Gasteiger partial charge < -0.3 is 4.79 Å². The summed E-state index contributed by atoms with van der Waals surface area (Å²) in [7, 11) is 0. The molecule has 1 heterocycles. The number of benzene rings is 1. The van der Waals surface area contributed by atoms with E-state index in [0.29, 0.717) is 11.4 Å². The summed E-state index contributed by atoms with van der Waals surface area (Å²) in [6.07, 6.45) is 4.43. The second-order valence-electron chi connectivity index (χ2n) is 4.55. The van der Waals surface area contributed by atoms with E-state index in [-0.39, 0.29) is 5.92 Å². The quantitative estimate of drug-likeness (QED) is 0.757. The number of carbonyl (C=O) groups excluding carboxylic acids is 1. The molecule has 1 atom stereocenters. The van der Waals surface area contributed by atoms with Gasteiger partial charge in [-0.2, -0.15) is 5.10 Å². The maximum Gasteiger partial charge on any atom is 0.129 e. The zero-order valence-corrected chi connectivity index (χ0v) is 11.7. The molecule has 0 unspecified atom stereocenters. The van der Waals surface area contributed by atoms with Crippen LogP contribution in [0.5, 0.6) is 0 Å². The Morgan fingerprint density at radius 1 is 1.32 bits per heavy atom. The Morgan fingerprint density at radius 3 is 2.68 bits per heavy atom. The van der Waals surface area contributed by atoms with Crippen molar-refractivity contribution in [3.05, 3.63) is 52.8 Å². The highest BCUT2D eigenvalue weighted by Crippen LogP contribution is 2.20. The van der Waals surface area contributed by atoms with Gasteiger partial charge >= 0.3 is 0 Å². The van der Waals surface area contributed by atoms with Crippen molar-refractivity contribution >= 4 is 17.9 Å². The molecule has 0 spiro atoms. The van der Waals surface area contributed by atoms with Gasteiger partial charge in [-0.3, -0.25) is 4.68 Å². The Balaban J connectivity index is 2.17. The molecule has 2 rings (SSSR count). The average Bonchev–Trinajstić information content (AvgIpc) is 2.87. The summed E-state index contributed by atoms with van der Waals surface area (Å²) >= 11 is 5.86. The lowest BCUT2D eigenvalue weighted by Gasteiger charge is -2.13. The van der Waals surface area contributed by atoms with Crippen LogP contribution >= 0.6 is 11.6 Å². The van der Waals surface area contributed by atoms with Gasteiger partial charge in [0.15, 0.2) is 0 Å². The molecule has 0 amide bonds. The van der Waals surface area contributed by atoms with Crippen LogP contribution in [-0.2, 0) is 17.8 Å². The molecule has 3 nitrogen and oxygen atoms in total. The number of aromatic nitrogens is 2. The van der Waals surface area contributed by atoms with Crippen LogP contribution in [0.15, 0.2) is 36.5 Å². The lowest BCUT2D eigenvalue weighted by atomic mass is 9.97. The SMILES string of the molecule is CCCn1nccc1[C@H](C=O)Cc1ccc(Cl)cc1. The van der Waals surface area contributed by atoms with E-state index in [2.05, 4.69) is 12.0 Å². The number of rotatable bonds is 6. The van der Waals surface area contributed by atoms with Crippen LogP contribution in [0, 0.1) is 0 Å². The highest BCUT2D eigenvalue weighted by Gasteiger charge is 2.15. The first-order valence-corrected chi connectivity index (χ1v) is 6.83. The van der Waals surface area contributed by atoms with Crippen LogP contribution in [-0.4, -0.2) is 16.1 Å². The highest BCUT2D eigenvalue weighted by molar-refractivity contribution is 6.30. The Bertz CT molecular complexity index is 533. The molecule has 0 fully saturated rings. The summed E-state index contributed by atoms with van der Waals surface area (Å²) in [4.78, 5) is 11.4. The first-order valence-electron chi connectivity index (χ1n) is 6.46. The van der Waals surface area contributed by atoms with E-state index in [9.17, 15) is 4.79 Å². The van der Waals surface area contributed by atoms with E-state index in [0.717, 1.165) is 30.5 Å². The van der Waals surface area contributed by atoms with Crippen molar-refractivity contribution in [1.82, 2.24) is 9.78 Å². The van der Waals surface area contributed by atoms with Gasteiger partial charge in [-0.25, -0.2) is 0 Å². The summed E-state index contributed by atoms with van der Waals surface area (Å²) in [5.41, 5.74) is 2.08. The monoisotopic (exact) mass is 276 g/mol. The number of halogens is 1. The maximum absolute atomic E-state index is 11.4. The largest absolute Gasteiger partial charge is 0.303 e. The standard InChI is InChI=1S/C15H17ClN2O/c1-2-9-18-15(7-8-17-18)13(11-19)10-12-3-5-14(16)6-4-12/h3-8,11,13H,2,9-10H2,1H3/t13-/m0/s1. The van der Waals surface area contributed by atoms with Gasteiger partial charge in [0.25, 0.3) is 0 Å². The molecule has 0 saturated heterocycles. The number of aldehydes is 1. The Kier molecular flexibility index (Phi) is 4.74. The molecule has 4 heteroatoms. The lowest BCUT2D eigenvalue weighted by molar-refractivity contribution is -0.109. The summed E-state index contributed by atoms with van der Waals surface area (Å²) < 4.78 is 1.91. The predicted octanol–water partition coefficient (Wildman–Crippen LogP) is 3.47. The number of aryl methyl sites for hydroxylation is 1. The van der Waals surface area contributed by atoms with E-state index in [4.69, 9.17) is 11.6 Å². The molecule has 0 N–H and O–H groups in total. The summed E-state index contributed by atoms with van der Waals surface area (Å²) in [5, 5.41) is 4.98. The Labute approximate surface area is 118 Å². The molecule has 0 saturated carbocycles. The molecular formula is C15H17ClN2O. The fraction of sp³-hybridized carbons (Fsp3) is 0.333. The molecular weight excluding hydrogens is 260 g/mol. The topological polar surface area (TPSA) is 34.9 Å². The maximum atomic E-state index is 11.4. The van der Waals surface area contributed by atoms with Gasteiger partial charge in [0.05, 0.1) is 5.92 Å². The van der Waals surface area contributed by atoms with E-state index in [1.165, 1.54) is 0 Å². The van der Waals surface area contributed by atoms with Crippen LogP contribution in [0.4, 0.5) is 0 Å². The Hall–Kier alpha value is -1.61.